The summed E-state index contributed by atoms with van der Waals surface area (Å²) in [5.41, 5.74) is 1.07. The smallest absolute Gasteiger partial charge is 0.196 e. The number of aromatic hydroxyl groups is 2. The molecule has 0 unspecified atom stereocenters. The predicted octanol–water partition coefficient (Wildman–Crippen LogP) is 5.30. The van der Waals surface area contributed by atoms with Crippen molar-refractivity contribution in [3.63, 3.8) is 0 Å². The van der Waals surface area contributed by atoms with Gasteiger partial charge in [-0.15, -0.1) is 0 Å². The molecule has 0 radical (unpaired) electrons. The number of hydrogen-bond acceptors (Lipinski definition) is 4. The molecule has 2 N–H and O–H groups in total. The van der Waals surface area contributed by atoms with Crippen LogP contribution in [0, 0.1) is 0 Å². The van der Waals surface area contributed by atoms with Crippen LogP contribution in [-0.4, -0.2) is 10.2 Å². The van der Waals surface area contributed by atoms with Crippen LogP contribution >= 0.6 is 23.2 Å². The summed E-state index contributed by atoms with van der Waals surface area (Å²) in [6.45, 7) is 3.74. The Morgan fingerprint density at radius 1 is 1.04 bits per heavy atom. The number of fused-ring (bicyclic) bond motifs is 1. The molecule has 0 aliphatic rings. The minimum Gasteiger partial charge on any atom is -0.508 e. The van der Waals surface area contributed by atoms with Gasteiger partial charge in [-0.2, -0.15) is 0 Å². The van der Waals surface area contributed by atoms with Crippen molar-refractivity contribution in [3.8, 4) is 22.8 Å². The maximum absolute atomic E-state index is 12.9. The van der Waals surface area contributed by atoms with Gasteiger partial charge in [0.2, 0.25) is 0 Å². The van der Waals surface area contributed by atoms with Crippen LogP contribution in [0.1, 0.15) is 25.3 Å². The third-order valence-corrected chi connectivity index (χ3v) is 4.34. The van der Waals surface area contributed by atoms with E-state index in [-0.39, 0.29) is 32.9 Å². The van der Waals surface area contributed by atoms with E-state index >= 15 is 0 Å². The van der Waals surface area contributed by atoms with Crippen LogP contribution in [0.15, 0.2) is 39.5 Å². The molecule has 24 heavy (non-hydrogen) atoms. The molecule has 3 aromatic rings. The van der Waals surface area contributed by atoms with Gasteiger partial charge < -0.3 is 14.6 Å². The van der Waals surface area contributed by atoms with Crippen LogP contribution in [0.5, 0.6) is 11.5 Å². The van der Waals surface area contributed by atoms with Gasteiger partial charge in [-0.3, -0.25) is 4.79 Å². The summed E-state index contributed by atoms with van der Waals surface area (Å²) in [5, 5.41) is 19.8. The second-order valence-corrected chi connectivity index (χ2v) is 6.61. The number of phenolic OH excluding ortho intramolecular Hbond substituents is 2. The maximum Gasteiger partial charge on any atom is 0.196 e. The number of benzene rings is 2. The van der Waals surface area contributed by atoms with Crippen LogP contribution in [-0.2, 0) is 0 Å². The highest BCUT2D eigenvalue weighted by Gasteiger charge is 2.20. The van der Waals surface area contributed by atoms with E-state index in [1.807, 2.05) is 13.8 Å². The van der Waals surface area contributed by atoms with Crippen LogP contribution in [0.3, 0.4) is 0 Å². The molecule has 1 aromatic heterocycles. The highest BCUT2D eigenvalue weighted by atomic mass is 35.5. The average Bonchev–Trinajstić information content (AvgIpc) is 2.52. The van der Waals surface area contributed by atoms with Crippen molar-refractivity contribution in [1.29, 1.82) is 0 Å². The zero-order valence-corrected chi connectivity index (χ0v) is 14.4. The molecule has 0 saturated heterocycles. The number of phenols is 2. The van der Waals surface area contributed by atoms with Gasteiger partial charge in [0.1, 0.15) is 17.1 Å². The summed E-state index contributed by atoms with van der Waals surface area (Å²) < 4.78 is 5.92. The molecule has 6 heteroatoms. The molecule has 0 aliphatic heterocycles. The van der Waals surface area contributed by atoms with E-state index in [9.17, 15) is 15.0 Å². The fourth-order valence-corrected chi connectivity index (χ4v) is 3.12. The van der Waals surface area contributed by atoms with Crippen LogP contribution < -0.4 is 5.43 Å². The lowest BCUT2D eigenvalue weighted by molar-refractivity contribution is 0.474. The van der Waals surface area contributed by atoms with E-state index < -0.39 is 0 Å². The van der Waals surface area contributed by atoms with Crippen molar-refractivity contribution in [2.75, 3.05) is 0 Å². The second-order valence-electron chi connectivity index (χ2n) is 5.80. The molecule has 0 saturated carbocycles. The lowest BCUT2D eigenvalue weighted by Gasteiger charge is -2.14. The summed E-state index contributed by atoms with van der Waals surface area (Å²) in [7, 11) is 0. The van der Waals surface area contributed by atoms with Gasteiger partial charge in [-0.05, 0) is 36.2 Å². The standard InChI is InChI=1S/C18H14Cl2O4/c1-8(2)15-16(22)11-7-10(21)3-4-14(11)24-18(15)9-5-12(19)17(23)13(20)6-9/h3-8,21,23H,1-2H3. The fraction of sp³-hybridized carbons (Fsp3) is 0.167. The van der Waals surface area contributed by atoms with Gasteiger partial charge in [0.15, 0.2) is 11.2 Å². The topological polar surface area (TPSA) is 70.7 Å². The average molecular weight is 365 g/mol. The SMILES string of the molecule is CC(C)c1c(-c2cc(Cl)c(O)c(Cl)c2)oc2ccc(O)cc2c1=O. The lowest BCUT2D eigenvalue weighted by Crippen LogP contribution is -2.12. The quantitative estimate of drug-likeness (QED) is 0.646. The molecule has 4 nitrogen and oxygen atoms in total. The van der Waals surface area contributed by atoms with E-state index in [1.165, 1.54) is 30.3 Å². The minimum absolute atomic E-state index is 0.00650. The molecule has 0 amide bonds. The molecule has 124 valence electrons. The van der Waals surface area contributed by atoms with Crippen molar-refractivity contribution < 1.29 is 14.6 Å². The Morgan fingerprint density at radius 2 is 1.67 bits per heavy atom. The third-order valence-electron chi connectivity index (χ3n) is 3.77. The molecule has 0 spiro atoms. The lowest BCUT2D eigenvalue weighted by atomic mass is 9.96. The molecular formula is C18H14Cl2O4. The van der Waals surface area contributed by atoms with E-state index in [0.717, 1.165) is 0 Å². The molecule has 0 atom stereocenters. The van der Waals surface area contributed by atoms with E-state index in [4.69, 9.17) is 27.6 Å². The van der Waals surface area contributed by atoms with Crippen molar-refractivity contribution in [1.82, 2.24) is 0 Å². The molecule has 1 heterocycles. The largest absolute Gasteiger partial charge is 0.508 e. The van der Waals surface area contributed by atoms with Crippen molar-refractivity contribution in [3.05, 3.63) is 56.2 Å². The predicted molar refractivity (Wildman–Crippen MR) is 95.4 cm³/mol. The maximum atomic E-state index is 12.9. The Balaban J connectivity index is 2.41. The van der Waals surface area contributed by atoms with Gasteiger partial charge in [0.05, 0.1) is 15.4 Å². The normalized spacial score (nSPS) is 11.4. The van der Waals surface area contributed by atoms with Crippen molar-refractivity contribution in [2.45, 2.75) is 19.8 Å². The molecule has 0 fully saturated rings. The minimum atomic E-state index is -0.225. The van der Waals surface area contributed by atoms with Crippen molar-refractivity contribution >= 4 is 34.2 Å². The number of hydrogen-bond donors (Lipinski definition) is 2. The number of halogens is 2. The zero-order chi connectivity index (χ0) is 17.6. The van der Waals surface area contributed by atoms with Gasteiger partial charge in [-0.25, -0.2) is 0 Å². The van der Waals surface area contributed by atoms with Gasteiger partial charge >= 0.3 is 0 Å². The first kappa shape index (κ1) is 16.7. The molecule has 2 aromatic carbocycles. The van der Waals surface area contributed by atoms with E-state index in [2.05, 4.69) is 0 Å². The summed E-state index contributed by atoms with van der Waals surface area (Å²) >= 11 is 12.0. The molecule has 3 rings (SSSR count). The summed E-state index contributed by atoms with van der Waals surface area (Å²) in [6.07, 6.45) is 0. The highest BCUT2D eigenvalue weighted by Crippen LogP contribution is 2.39. The Labute approximate surface area is 147 Å². The highest BCUT2D eigenvalue weighted by molar-refractivity contribution is 6.37. The first-order chi connectivity index (χ1) is 11.3. The zero-order valence-electron chi connectivity index (χ0n) is 12.9. The monoisotopic (exact) mass is 364 g/mol. The fourth-order valence-electron chi connectivity index (χ4n) is 2.63. The first-order valence-corrected chi connectivity index (χ1v) is 8.03. The van der Waals surface area contributed by atoms with Gasteiger partial charge in [0, 0.05) is 11.1 Å². The summed E-state index contributed by atoms with van der Waals surface area (Å²) in [6, 6.07) is 7.36. The van der Waals surface area contributed by atoms with Gasteiger partial charge in [0.25, 0.3) is 0 Å². The first-order valence-electron chi connectivity index (χ1n) is 7.27. The summed E-state index contributed by atoms with van der Waals surface area (Å²) in [4.78, 5) is 12.9. The molecule has 0 bridgehead atoms. The van der Waals surface area contributed by atoms with Crippen molar-refractivity contribution in [2.24, 2.45) is 0 Å². The summed E-state index contributed by atoms with van der Waals surface area (Å²) in [5.74, 6) is -0.0134. The Bertz CT molecular complexity index is 983. The van der Waals surface area contributed by atoms with Crippen LogP contribution in [0.25, 0.3) is 22.3 Å². The van der Waals surface area contributed by atoms with Gasteiger partial charge in [-0.1, -0.05) is 37.0 Å². The Morgan fingerprint density at radius 3 is 2.25 bits per heavy atom. The Hall–Kier alpha value is -2.17. The van der Waals surface area contributed by atoms with E-state index in [1.54, 1.807) is 0 Å². The Kier molecular flexibility index (Phi) is 4.20. The van der Waals surface area contributed by atoms with Crippen LogP contribution in [0.2, 0.25) is 10.0 Å². The second kappa shape index (κ2) is 6.04. The van der Waals surface area contributed by atoms with Crippen LogP contribution in [0.4, 0.5) is 0 Å². The number of rotatable bonds is 2. The van der Waals surface area contributed by atoms with E-state index in [0.29, 0.717) is 27.9 Å². The molecule has 0 aliphatic carbocycles. The molecular weight excluding hydrogens is 351 g/mol. The third kappa shape index (κ3) is 2.72.